The van der Waals surface area contributed by atoms with E-state index in [9.17, 15) is 18.9 Å². The summed E-state index contributed by atoms with van der Waals surface area (Å²) in [5, 5.41) is 20.7. The number of hydrazine groups is 1. The van der Waals surface area contributed by atoms with Gasteiger partial charge in [-0.1, -0.05) is 11.5 Å². The second-order valence-electron chi connectivity index (χ2n) is 4.98. The highest BCUT2D eigenvalue weighted by atomic mass is 19.1. The number of ether oxygens (including phenoxy) is 1. The summed E-state index contributed by atoms with van der Waals surface area (Å²) >= 11 is 0. The fraction of sp³-hybridized carbons (Fsp3) is 0.231. The van der Waals surface area contributed by atoms with Crippen LogP contribution in [-0.4, -0.2) is 37.2 Å². The first-order valence-electron chi connectivity index (χ1n) is 6.90. The predicted molar refractivity (Wildman–Crippen MR) is 79.1 cm³/mol. The Morgan fingerprint density at radius 2 is 2.04 bits per heavy atom. The zero-order chi connectivity index (χ0) is 18.1. The van der Waals surface area contributed by atoms with Gasteiger partial charge in [-0.3, -0.25) is 0 Å². The Hall–Kier alpha value is -3.28. The highest BCUT2D eigenvalue weighted by Gasteiger charge is 2.28. The first-order valence-corrected chi connectivity index (χ1v) is 6.90. The molecule has 25 heavy (non-hydrogen) atoms. The number of aromatic nitrogens is 5. The molecule has 12 heteroatoms. The van der Waals surface area contributed by atoms with E-state index in [4.69, 9.17) is 4.74 Å². The highest BCUT2D eigenvalue weighted by Crippen LogP contribution is 2.32. The Morgan fingerprint density at radius 3 is 2.64 bits per heavy atom. The molecular weight excluding hydrogens is 340 g/mol. The number of hydrogen-bond donors (Lipinski definition) is 1. The molecule has 10 nitrogen and oxygen atoms in total. The molecule has 2 aromatic heterocycles. The van der Waals surface area contributed by atoms with Gasteiger partial charge in [0.2, 0.25) is 0 Å². The molecule has 0 aliphatic heterocycles. The Balaban J connectivity index is 2.25. The van der Waals surface area contributed by atoms with Crippen molar-refractivity contribution in [3.05, 3.63) is 56.8 Å². The van der Waals surface area contributed by atoms with Gasteiger partial charge in [0.25, 0.3) is 5.95 Å². The number of fused-ring (bicyclic) bond motifs is 1. The van der Waals surface area contributed by atoms with Crippen LogP contribution in [0, 0.1) is 28.7 Å². The van der Waals surface area contributed by atoms with Gasteiger partial charge in [0, 0.05) is 12.7 Å². The van der Waals surface area contributed by atoms with Crippen LogP contribution in [0.25, 0.3) is 5.65 Å². The van der Waals surface area contributed by atoms with E-state index in [1.807, 2.05) is 5.43 Å². The number of methoxy groups -OCH3 is 1. The normalized spacial score (nSPS) is 12.3. The van der Waals surface area contributed by atoms with Crippen molar-refractivity contribution < 1.29 is 18.6 Å². The lowest BCUT2D eigenvalue weighted by Crippen LogP contribution is -2.19. The Labute approximate surface area is 138 Å². The van der Waals surface area contributed by atoms with Gasteiger partial charge in [-0.05, 0) is 29.5 Å². The lowest BCUT2D eigenvalue weighted by molar-refractivity contribution is -0.446. The molecule has 0 aliphatic rings. The number of rotatable bonds is 5. The van der Waals surface area contributed by atoms with Crippen molar-refractivity contribution in [2.75, 3.05) is 12.5 Å². The molecule has 2 heterocycles. The van der Waals surface area contributed by atoms with Crippen molar-refractivity contribution in [1.82, 2.24) is 25.0 Å². The molecule has 3 aromatic rings. The standard InChI is InChI=1S/C13H11F2N7O3/c1-6-10(11(25-2)9-7(14)4-3-5-8(9)15)16-13(18-22(23)24)21-12(6)17-19-20-21/h3-5,11H,1-2H3,(H,16,18). The number of anilines is 1. The molecule has 0 aliphatic carbocycles. The molecule has 0 saturated heterocycles. The fourth-order valence-corrected chi connectivity index (χ4v) is 2.46. The number of halogens is 2. The van der Waals surface area contributed by atoms with Crippen molar-refractivity contribution in [2.24, 2.45) is 0 Å². The Kier molecular flexibility index (Phi) is 4.19. The first-order chi connectivity index (χ1) is 11.9. The van der Waals surface area contributed by atoms with E-state index in [1.165, 1.54) is 13.2 Å². The third-order valence-corrected chi connectivity index (χ3v) is 3.55. The summed E-state index contributed by atoms with van der Waals surface area (Å²) in [5.41, 5.74) is 2.01. The molecule has 1 atom stereocenters. The van der Waals surface area contributed by atoms with Crippen molar-refractivity contribution in [2.45, 2.75) is 13.0 Å². The second-order valence-corrected chi connectivity index (χ2v) is 4.98. The first kappa shape index (κ1) is 16.6. The SMILES string of the molecule is COC(c1nc(N[N+](=O)[O-])n2nnnc2c1C)c1c(F)cccc1F. The van der Waals surface area contributed by atoms with Gasteiger partial charge in [-0.15, -0.1) is 5.10 Å². The maximum Gasteiger partial charge on any atom is 0.290 e. The van der Waals surface area contributed by atoms with E-state index in [0.29, 0.717) is 5.56 Å². The minimum atomic E-state index is -1.25. The van der Waals surface area contributed by atoms with Crippen LogP contribution in [0.5, 0.6) is 0 Å². The van der Waals surface area contributed by atoms with Crippen LogP contribution in [0.3, 0.4) is 0 Å². The number of nitrogens with zero attached hydrogens (tertiary/aromatic N) is 6. The zero-order valence-corrected chi connectivity index (χ0v) is 13.0. The summed E-state index contributed by atoms with van der Waals surface area (Å²) < 4.78 is 34.5. The number of tetrazole rings is 1. The van der Waals surface area contributed by atoms with Crippen molar-refractivity contribution >= 4 is 11.6 Å². The summed E-state index contributed by atoms with van der Waals surface area (Å²) in [5.74, 6) is -2.00. The molecule has 1 unspecified atom stereocenters. The molecule has 0 bridgehead atoms. The Morgan fingerprint density at radius 1 is 1.36 bits per heavy atom. The van der Waals surface area contributed by atoms with Gasteiger partial charge in [-0.25, -0.2) is 23.9 Å². The topological polar surface area (TPSA) is 120 Å². The highest BCUT2D eigenvalue weighted by molar-refractivity contribution is 5.53. The third-order valence-electron chi connectivity index (χ3n) is 3.55. The molecule has 1 N–H and O–H groups in total. The monoisotopic (exact) mass is 351 g/mol. The predicted octanol–water partition coefficient (Wildman–Crippen LogP) is 1.45. The van der Waals surface area contributed by atoms with Crippen molar-refractivity contribution in [1.29, 1.82) is 0 Å². The summed E-state index contributed by atoms with van der Waals surface area (Å²) in [7, 11) is 1.24. The maximum atomic E-state index is 14.2. The molecule has 130 valence electrons. The van der Waals surface area contributed by atoms with Gasteiger partial charge in [-0.2, -0.15) is 4.52 Å². The van der Waals surface area contributed by atoms with Crippen LogP contribution in [-0.2, 0) is 4.74 Å². The number of benzene rings is 1. The van der Waals surface area contributed by atoms with Crippen molar-refractivity contribution in [3.63, 3.8) is 0 Å². The van der Waals surface area contributed by atoms with E-state index in [1.54, 1.807) is 6.92 Å². The minimum absolute atomic E-state index is 0.0400. The van der Waals surface area contributed by atoms with E-state index >= 15 is 0 Å². The molecule has 0 saturated carbocycles. The van der Waals surface area contributed by atoms with Gasteiger partial charge >= 0.3 is 0 Å². The van der Waals surface area contributed by atoms with Gasteiger partial charge in [0.15, 0.2) is 10.7 Å². The van der Waals surface area contributed by atoms with Crippen LogP contribution < -0.4 is 5.43 Å². The van der Waals surface area contributed by atoms with E-state index in [0.717, 1.165) is 16.6 Å². The second kappa shape index (κ2) is 6.32. The molecular formula is C13H11F2N7O3. The van der Waals surface area contributed by atoms with Crippen molar-refractivity contribution in [3.8, 4) is 0 Å². The minimum Gasteiger partial charge on any atom is -0.370 e. The van der Waals surface area contributed by atoms with Gasteiger partial charge in [0.1, 0.15) is 17.7 Å². The van der Waals surface area contributed by atoms with Crippen LogP contribution in [0.15, 0.2) is 18.2 Å². The number of hydrogen-bond acceptors (Lipinski definition) is 7. The zero-order valence-electron chi connectivity index (χ0n) is 13.0. The van der Waals surface area contributed by atoms with E-state index in [2.05, 4.69) is 20.5 Å². The average molecular weight is 351 g/mol. The molecule has 0 fully saturated rings. The Bertz CT molecular complexity index is 942. The number of nitro groups is 1. The lowest BCUT2D eigenvalue weighted by atomic mass is 10.0. The summed E-state index contributed by atoms with van der Waals surface area (Å²) in [6.07, 6.45) is -1.25. The summed E-state index contributed by atoms with van der Waals surface area (Å²) in [4.78, 5) is 14.8. The van der Waals surface area contributed by atoms with Gasteiger partial charge in [0.05, 0.1) is 11.3 Å². The molecule has 3 rings (SSSR count). The largest absolute Gasteiger partial charge is 0.370 e. The van der Waals surface area contributed by atoms with Crippen LogP contribution in [0.2, 0.25) is 0 Å². The number of nitrogens with one attached hydrogen (secondary N) is 1. The van der Waals surface area contributed by atoms with E-state index in [-0.39, 0.29) is 22.9 Å². The summed E-state index contributed by atoms with van der Waals surface area (Å²) in [6.45, 7) is 1.56. The summed E-state index contributed by atoms with van der Waals surface area (Å²) in [6, 6.07) is 3.37. The molecule has 0 amide bonds. The quantitative estimate of drug-likeness (QED) is 0.541. The fourth-order valence-electron chi connectivity index (χ4n) is 2.46. The maximum absolute atomic E-state index is 14.2. The number of aryl methyl sites for hydroxylation is 1. The van der Waals surface area contributed by atoms with E-state index < -0.39 is 22.8 Å². The lowest BCUT2D eigenvalue weighted by Gasteiger charge is -2.19. The molecule has 1 aromatic carbocycles. The molecule has 0 radical (unpaired) electrons. The van der Waals surface area contributed by atoms with Crippen LogP contribution >= 0.6 is 0 Å². The average Bonchev–Trinajstić information content (AvgIpc) is 3.04. The van der Waals surface area contributed by atoms with Crippen LogP contribution in [0.1, 0.15) is 22.9 Å². The smallest absolute Gasteiger partial charge is 0.290 e. The van der Waals surface area contributed by atoms with Crippen LogP contribution in [0.4, 0.5) is 14.7 Å². The molecule has 0 spiro atoms. The third kappa shape index (κ3) is 2.82. The van der Waals surface area contributed by atoms with Gasteiger partial charge < -0.3 is 4.74 Å².